The van der Waals surface area contributed by atoms with Crippen molar-refractivity contribution in [2.75, 3.05) is 6.61 Å². The zero-order valence-electron chi connectivity index (χ0n) is 20.7. The molecule has 2 aromatic rings. The maximum absolute atomic E-state index is 13.7. The first kappa shape index (κ1) is 28.7. The predicted octanol–water partition coefficient (Wildman–Crippen LogP) is 2.75. The minimum absolute atomic E-state index is 0.00635. The van der Waals surface area contributed by atoms with Crippen LogP contribution in [-0.2, 0) is 23.4 Å². The van der Waals surface area contributed by atoms with Crippen LogP contribution in [0.3, 0.4) is 0 Å². The lowest BCUT2D eigenvalue weighted by molar-refractivity contribution is -0.149. The minimum Gasteiger partial charge on any atom is -0.462 e. The van der Waals surface area contributed by atoms with Gasteiger partial charge in [0.25, 0.3) is 5.56 Å². The number of hydrogen-bond acceptors (Lipinski definition) is 10. The molecular weight excluding hydrogens is 523 g/mol. The summed E-state index contributed by atoms with van der Waals surface area (Å²) in [6, 6.07) is 9.10. The lowest BCUT2D eigenvalue weighted by Gasteiger charge is -2.25. The summed E-state index contributed by atoms with van der Waals surface area (Å²) in [5, 5.41) is 23.0. The first-order chi connectivity index (χ1) is 17.4. The molecule has 2 heterocycles. The summed E-state index contributed by atoms with van der Waals surface area (Å²) in [6.45, 7) is 5.90. The van der Waals surface area contributed by atoms with E-state index in [2.05, 4.69) is 10.1 Å². The number of carbonyl (C=O) groups excluding carboxylic acids is 1. The van der Waals surface area contributed by atoms with E-state index in [-0.39, 0.29) is 16.1 Å². The molecule has 0 bridgehead atoms. The highest BCUT2D eigenvalue weighted by Gasteiger charge is 2.46. The number of ether oxygens (including phenoxy) is 2. The topological polar surface area (TPSA) is 165 Å². The van der Waals surface area contributed by atoms with Gasteiger partial charge >= 0.3 is 13.7 Å². The van der Waals surface area contributed by atoms with Crippen molar-refractivity contribution in [1.29, 1.82) is 5.26 Å². The maximum Gasteiger partial charge on any atom is 0.459 e. The van der Waals surface area contributed by atoms with Gasteiger partial charge in [-0.05, 0) is 52.0 Å². The van der Waals surface area contributed by atoms with Crippen LogP contribution in [0, 0.1) is 28.9 Å². The number of aliphatic hydroxyl groups excluding tert-OH is 1. The Bertz CT molecular complexity index is 1310. The van der Waals surface area contributed by atoms with E-state index in [1.54, 1.807) is 51.1 Å². The summed E-state index contributed by atoms with van der Waals surface area (Å²) in [5.74, 6) is -1.54. The normalized spacial score (nSPS) is 23.7. The predicted molar refractivity (Wildman–Crippen MR) is 134 cm³/mol. The number of H-pyrrole nitrogens is 1. The van der Waals surface area contributed by atoms with Crippen LogP contribution in [0.25, 0.3) is 0 Å². The standard InChI is InChI=1S/C23H29N4O8PS/c1-13(2)33-22(30)15(4)26-36(31,35-16-8-6-5-7-9-16)32-12-18-19(28)17(10-24)21(34-18)27-11-14(3)20(29)25-23(27)37/h5-9,11,13,15,17-19,21,28H,12H2,1-4H3,(H,26,31)(H,25,29,37)/t15-,17+,18-,19?,21-,36+/m0/s1. The number of aliphatic hydroxyl groups is 1. The molecule has 1 aliphatic heterocycles. The molecule has 3 rings (SSSR count). The van der Waals surface area contributed by atoms with Gasteiger partial charge < -0.3 is 19.1 Å². The highest BCUT2D eigenvalue weighted by molar-refractivity contribution is 7.71. The number of aromatic nitrogens is 2. The number of carbonyl (C=O) groups is 1. The number of hydrogen-bond donors (Lipinski definition) is 3. The fourth-order valence-corrected chi connectivity index (χ4v) is 5.29. The average molecular weight is 553 g/mol. The van der Waals surface area contributed by atoms with Gasteiger partial charge in [-0.15, -0.1) is 0 Å². The van der Waals surface area contributed by atoms with Gasteiger partial charge in [0.1, 0.15) is 29.9 Å². The van der Waals surface area contributed by atoms with E-state index < -0.39 is 56.8 Å². The van der Waals surface area contributed by atoms with Crippen molar-refractivity contribution in [3.63, 3.8) is 0 Å². The summed E-state index contributed by atoms with van der Waals surface area (Å²) >= 11 is 5.20. The Hall–Kier alpha value is -2.85. The van der Waals surface area contributed by atoms with Crippen molar-refractivity contribution in [3.05, 3.63) is 57.2 Å². The molecule has 200 valence electrons. The maximum atomic E-state index is 13.7. The SMILES string of the molecule is Cc1cn([C@H]2O[C@@H](CO[P@](=O)(N[C@@H](C)C(=O)OC(C)C)Oc3ccccc3)C(O)[C@H]2C#N)c(=S)[nH]c1=O. The van der Waals surface area contributed by atoms with Crippen molar-refractivity contribution in [2.24, 2.45) is 5.92 Å². The zero-order valence-corrected chi connectivity index (χ0v) is 22.4. The molecule has 0 saturated carbocycles. The van der Waals surface area contributed by atoms with Crippen LogP contribution in [0.5, 0.6) is 5.75 Å². The summed E-state index contributed by atoms with van der Waals surface area (Å²) in [4.78, 5) is 26.6. The van der Waals surface area contributed by atoms with Crippen LogP contribution in [-0.4, -0.2) is 51.6 Å². The zero-order chi connectivity index (χ0) is 27.3. The van der Waals surface area contributed by atoms with Crippen LogP contribution in [0.4, 0.5) is 0 Å². The molecule has 1 unspecified atom stereocenters. The number of benzene rings is 1. The molecule has 1 saturated heterocycles. The second kappa shape index (κ2) is 12.1. The second-order valence-electron chi connectivity index (χ2n) is 8.72. The van der Waals surface area contributed by atoms with Crippen LogP contribution < -0.4 is 15.2 Å². The van der Waals surface area contributed by atoms with E-state index in [4.69, 9.17) is 30.7 Å². The van der Waals surface area contributed by atoms with Crippen molar-refractivity contribution >= 4 is 25.9 Å². The molecule has 3 N–H and O–H groups in total. The number of aromatic amines is 1. The number of nitrogens with zero attached hydrogens (tertiary/aromatic N) is 2. The van der Waals surface area contributed by atoms with Gasteiger partial charge in [0.2, 0.25) is 0 Å². The van der Waals surface area contributed by atoms with E-state index in [1.807, 2.05) is 6.07 Å². The molecule has 12 nitrogen and oxygen atoms in total. The van der Waals surface area contributed by atoms with Gasteiger partial charge in [0, 0.05) is 11.8 Å². The quantitative estimate of drug-likeness (QED) is 0.225. The van der Waals surface area contributed by atoms with Gasteiger partial charge in [-0.3, -0.25) is 23.7 Å². The van der Waals surface area contributed by atoms with Gasteiger partial charge in [-0.2, -0.15) is 10.3 Å². The van der Waals surface area contributed by atoms with Crippen LogP contribution in [0.15, 0.2) is 41.3 Å². The lowest BCUT2D eigenvalue weighted by atomic mass is 10.0. The third-order valence-corrected chi connectivity index (χ3v) is 7.33. The van der Waals surface area contributed by atoms with Crippen LogP contribution >= 0.6 is 20.0 Å². The van der Waals surface area contributed by atoms with Crippen LogP contribution in [0.1, 0.15) is 32.6 Å². The van der Waals surface area contributed by atoms with E-state index in [0.29, 0.717) is 5.56 Å². The summed E-state index contributed by atoms with van der Waals surface area (Å²) < 4.78 is 37.2. The number of nitriles is 1. The Morgan fingerprint density at radius 1 is 1.35 bits per heavy atom. The molecule has 0 radical (unpaired) electrons. The Labute approximate surface area is 218 Å². The smallest absolute Gasteiger partial charge is 0.459 e. The Kier molecular flexibility index (Phi) is 9.41. The molecule has 0 spiro atoms. The van der Waals surface area contributed by atoms with Gasteiger partial charge in [0.05, 0.1) is 18.8 Å². The summed E-state index contributed by atoms with van der Waals surface area (Å²) in [5.41, 5.74) is -0.0568. The molecule has 6 atom stereocenters. The number of rotatable bonds is 10. The number of para-hydroxylation sites is 1. The second-order valence-corrected chi connectivity index (χ2v) is 10.8. The number of aryl methyl sites for hydroxylation is 1. The number of nitrogens with one attached hydrogen (secondary N) is 2. The molecule has 37 heavy (non-hydrogen) atoms. The van der Waals surface area contributed by atoms with E-state index in [9.17, 15) is 24.5 Å². The highest BCUT2D eigenvalue weighted by atomic mass is 32.1. The van der Waals surface area contributed by atoms with Crippen molar-refractivity contribution in [2.45, 2.75) is 58.3 Å². The van der Waals surface area contributed by atoms with Crippen molar-refractivity contribution in [1.82, 2.24) is 14.6 Å². The highest BCUT2D eigenvalue weighted by Crippen LogP contribution is 2.46. The monoisotopic (exact) mass is 552 g/mol. The van der Waals surface area contributed by atoms with Crippen LogP contribution in [0.2, 0.25) is 0 Å². The van der Waals surface area contributed by atoms with E-state index >= 15 is 0 Å². The fraction of sp³-hybridized carbons (Fsp3) is 0.478. The van der Waals surface area contributed by atoms with Crippen molar-refractivity contribution < 1.29 is 33.0 Å². The molecule has 1 aliphatic rings. The largest absolute Gasteiger partial charge is 0.462 e. The third kappa shape index (κ3) is 7.13. The van der Waals surface area contributed by atoms with Gasteiger partial charge in [0.15, 0.2) is 11.0 Å². The Balaban J connectivity index is 1.81. The van der Waals surface area contributed by atoms with E-state index in [1.165, 1.54) is 17.7 Å². The first-order valence-electron chi connectivity index (χ1n) is 11.5. The Morgan fingerprint density at radius 3 is 2.65 bits per heavy atom. The number of esters is 1. The van der Waals surface area contributed by atoms with E-state index in [0.717, 1.165) is 0 Å². The van der Waals surface area contributed by atoms with Gasteiger partial charge in [-0.1, -0.05) is 18.2 Å². The molecule has 0 amide bonds. The molecular formula is C23H29N4O8PS. The summed E-state index contributed by atoms with van der Waals surface area (Å²) in [7, 11) is -4.22. The van der Waals surface area contributed by atoms with Gasteiger partial charge in [-0.25, -0.2) is 4.57 Å². The molecule has 14 heteroatoms. The van der Waals surface area contributed by atoms with Crippen molar-refractivity contribution in [3.8, 4) is 11.8 Å². The minimum atomic E-state index is -4.22. The molecule has 1 fully saturated rings. The third-order valence-electron chi connectivity index (χ3n) is 5.37. The fourth-order valence-electron chi connectivity index (χ4n) is 3.54. The molecule has 1 aromatic heterocycles. The molecule has 1 aromatic carbocycles. The first-order valence-corrected chi connectivity index (χ1v) is 13.4. The molecule has 0 aliphatic carbocycles. The Morgan fingerprint density at radius 2 is 2.03 bits per heavy atom. The lowest BCUT2D eigenvalue weighted by Crippen LogP contribution is -2.37. The average Bonchev–Trinajstić information content (AvgIpc) is 3.15. The summed E-state index contributed by atoms with van der Waals surface area (Å²) in [6.07, 6.45) is -2.47.